The summed E-state index contributed by atoms with van der Waals surface area (Å²) in [6.07, 6.45) is 8.28. The number of pyridine rings is 1. The van der Waals surface area contributed by atoms with Crippen molar-refractivity contribution in [2.75, 3.05) is 51.4 Å². The molecule has 2 saturated heterocycles. The first kappa shape index (κ1) is 22.7. The van der Waals surface area contributed by atoms with Crippen LogP contribution in [0.25, 0.3) is 10.8 Å². The molecule has 3 aromatic rings. The molecule has 34 heavy (non-hydrogen) atoms. The minimum atomic E-state index is 0.0193. The van der Waals surface area contributed by atoms with Gasteiger partial charge >= 0.3 is 0 Å². The number of anilines is 1. The lowest BCUT2D eigenvalue weighted by atomic mass is 9.95. The van der Waals surface area contributed by atoms with Crippen LogP contribution in [0.15, 0.2) is 54.9 Å². The first-order valence-corrected chi connectivity index (χ1v) is 12.3. The number of carbonyl (C=O) groups excluding carboxylic acids is 1. The Morgan fingerprint density at radius 1 is 1.12 bits per heavy atom. The van der Waals surface area contributed by atoms with Crippen molar-refractivity contribution in [3.63, 3.8) is 0 Å². The molecule has 1 atom stereocenters. The van der Waals surface area contributed by atoms with Gasteiger partial charge in [-0.15, -0.1) is 0 Å². The second-order valence-electron chi connectivity index (χ2n) is 9.34. The Morgan fingerprint density at radius 2 is 2.00 bits per heavy atom. The number of hydrogen-bond acceptors (Lipinski definition) is 5. The van der Waals surface area contributed by atoms with E-state index in [1.54, 1.807) is 7.11 Å². The van der Waals surface area contributed by atoms with E-state index in [1.807, 2.05) is 35.5 Å². The van der Waals surface area contributed by atoms with E-state index in [9.17, 15) is 4.79 Å². The number of ether oxygens (including phenoxy) is 2. The van der Waals surface area contributed by atoms with Gasteiger partial charge in [-0.1, -0.05) is 18.2 Å². The lowest BCUT2D eigenvalue weighted by Gasteiger charge is -2.30. The Bertz CT molecular complexity index is 1140. The zero-order valence-corrected chi connectivity index (χ0v) is 19.9. The van der Waals surface area contributed by atoms with Crippen LogP contribution < -0.4 is 9.64 Å². The predicted molar refractivity (Wildman–Crippen MR) is 135 cm³/mol. The van der Waals surface area contributed by atoms with Crippen molar-refractivity contribution >= 4 is 22.4 Å². The molecule has 0 N–H and O–H groups in total. The molecule has 178 valence electrons. The molecular formula is C28H33N3O3. The fraction of sp³-hybridized carbons (Fsp3) is 0.429. The number of nitrogens with zero attached hydrogens (tertiary/aromatic N) is 3. The zero-order chi connectivity index (χ0) is 23.3. The molecule has 2 aliphatic heterocycles. The standard InChI is InChI=1S/C28H33N3O3/c1-33-27-9-8-24(30-12-3-2-4-13-30)17-25(27)28(32)31-14-15-34-20-21(19-31)16-23-7-5-6-22-10-11-29-18-26(22)23/h5-11,17-18,21H,2-4,12-16,19-20H2,1H3. The van der Waals surface area contributed by atoms with Crippen molar-refractivity contribution in [1.82, 2.24) is 9.88 Å². The lowest BCUT2D eigenvalue weighted by molar-refractivity contribution is 0.0734. The summed E-state index contributed by atoms with van der Waals surface area (Å²) in [7, 11) is 1.63. The van der Waals surface area contributed by atoms with Crippen LogP contribution in [0.5, 0.6) is 5.75 Å². The summed E-state index contributed by atoms with van der Waals surface area (Å²) in [5, 5.41) is 2.36. The smallest absolute Gasteiger partial charge is 0.257 e. The number of amides is 1. The zero-order valence-electron chi connectivity index (χ0n) is 19.9. The average molecular weight is 460 g/mol. The van der Waals surface area contributed by atoms with Crippen LogP contribution in [-0.2, 0) is 11.2 Å². The molecule has 3 heterocycles. The lowest BCUT2D eigenvalue weighted by Crippen LogP contribution is -2.37. The maximum absolute atomic E-state index is 13.7. The third kappa shape index (κ3) is 4.87. The van der Waals surface area contributed by atoms with Crippen LogP contribution in [0.3, 0.4) is 0 Å². The molecule has 5 rings (SSSR count). The maximum atomic E-state index is 13.7. The van der Waals surface area contributed by atoms with Crippen molar-refractivity contribution in [3.05, 3.63) is 66.0 Å². The number of aromatic nitrogens is 1. The fourth-order valence-corrected chi connectivity index (χ4v) is 5.24. The summed E-state index contributed by atoms with van der Waals surface area (Å²) in [5.41, 5.74) is 2.99. The maximum Gasteiger partial charge on any atom is 0.257 e. The van der Waals surface area contributed by atoms with Crippen molar-refractivity contribution in [3.8, 4) is 5.75 Å². The number of carbonyl (C=O) groups is 1. The van der Waals surface area contributed by atoms with Gasteiger partial charge in [-0.2, -0.15) is 0 Å². The molecule has 0 bridgehead atoms. The van der Waals surface area contributed by atoms with Crippen LogP contribution in [0.4, 0.5) is 5.69 Å². The SMILES string of the molecule is COc1ccc(N2CCCCC2)cc1C(=O)N1CCOCC(Cc2cccc3ccncc23)C1. The second-order valence-corrected chi connectivity index (χ2v) is 9.34. The Hall–Kier alpha value is -3.12. The molecule has 2 aromatic carbocycles. The van der Waals surface area contributed by atoms with Gasteiger partial charge in [0, 0.05) is 55.6 Å². The monoisotopic (exact) mass is 459 g/mol. The van der Waals surface area contributed by atoms with Gasteiger partial charge in [0.15, 0.2) is 0 Å². The fourth-order valence-electron chi connectivity index (χ4n) is 5.24. The predicted octanol–water partition coefficient (Wildman–Crippen LogP) is 4.57. The quantitative estimate of drug-likeness (QED) is 0.560. The molecule has 6 heteroatoms. The highest BCUT2D eigenvalue weighted by Crippen LogP contribution is 2.29. The van der Waals surface area contributed by atoms with Gasteiger partial charge in [0.25, 0.3) is 5.91 Å². The summed E-state index contributed by atoms with van der Waals surface area (Å²) in [4.78, 5) is 22.4. The highest BCUT2D eigenvalue weighted by Gasteiger charge is 2.27. The van der Waals surface area contributed by atoms with Gasteiger partial charge < -0.3 is 19.3 Å². The van der Waals surface area contributed by atoms with Crippen molar-refractivity contribution in [2.45, 2.75) is 25.7 Å². The van der Waals surface area contributed by atoms with E-state index in [1.165, 1.54) is 35.6 Å². The van der Waals surface area contributed by atoms with Crippen LogP contribution in [0.1, 0.15) is 35.2 Å². The van der Waals surface area contributed by atoms with Gasteiger partial charge in [0.05, 0.1) is 25.9 Å². The normalized spacial score (nSPS) is 19.1. The van der Waals surface area contributed by atoms with Gasteiger partial charge in [0.1, 0.15) is 5.75 Å². The Morgan fingerprint density at radius 3 is 2.85 bits per heavy atom. The molecule has 0 saturated carbocycles. The molecule has 1 unspecified atom stereocenters. The van der Waals surface area contributed by atoms with Gasteiger partial charge in [-0.3, -0.25) is 9.78 Å². The third-order valence-corrected chi connectivity index (χ3v) is 7.04. The molecule has 0 radical (unpaired) electrons. The highest BCUT2D eigenvalue weighted by atomic mass is 16.5. The first-order valence-electron chi connectivity index (χ1n) is 12.3. The van der Waals surface area contributed by atoms with E-state index in [4.69, 9.17) is 9.47 Å². The van der Waals surface area contributed by atoms with Crippen molar-refractivity contribution in [1.29, 1.82) is 0 Å². The van der Waals surface area contributed by atoms with E-state index < -0.39 is 0 Å². The number of benzene rings is 2. The molecule has 0 spiro atoms. The van der Waals surface area contributed by atoms with Gasteiger partial charge in [-0.25, -0.2) is 0 Å². The molecule has 6 nitrogen and oxygen atoms in total. The van der Waals surface area contributed by atoms with Crippen LogP contribution in [0, 0.1) is 5.92 Å². The molecule has 1 aromatic heterocycles. The largest absolute Gasteiger partial charge is 0.496 e. The van der Waals surface area contributed by atoms with Gasteiger partial charge in [0.2, 0.25) is 0 Å². The Balaban J connectivity index is 1.37. The van der Waals surface area contributed by atoms with Crippen molar-refractivity contribution in [2.24, 2.45) is 5.92 Å². The van der Waals surface area contributed by atoms with Crippen LogP contribution in [-0.4, -0.2) is 62.3 Å². The first-order chi connectivity index (χ1) is 16.7. The number of piperidine rings is 1. The second kappa shape index (κ2) is 10.4. The summed E-state index contributed by atoms with van der Waals surface area (Å²) >= 11 is 0. The van der Waals surface area contributed by atoms with E-state index in [0.29, 0.717) is 37.6 Å². The average Bonchev–Trinajstić information content (AvgIpc) is 3.14. The summed E-state index contributed by atoms with van der Waals surface area (Å²) in [5.74, 6) is 0.868. The number of rotatable bonds is 5. The summed E-state index contributed by atoms with van der Waals surface area (Å²) < 4.78 is 11.5. The Kier molecular flexibility index (Phi) is 6.95. The summed E-state index contributed by atoms with van der Waals surface area (Å²) in [6, 6.07) is 14.4. The Labute approximate surface area is 201 Å². The molecule has 0 aliphatic carbocycles. The minimum absolute atomic E-state index is 0.0193. The van der Waals surface area contributed by atoms with Crippen LogP contribution >= 0.6 is 0 Å². The number of hydrogen-bond donors (Lipinski definition) is 0. The summed E-state index contributed by atoms with van der Waals surface area (Å²) in [6.45, 7) is 4.52. The van der Waals surface area contributed by atoms with E-state index in [-0.39, 0.29) is 11.8 Å². The third-order valence-electron chi connectivity index (χ3n) is 7.04. The van der Waals surface area contributed by atoms with Gasteiger partial charge in [-0.05, 0) is 60.9 Å². The molecule has 2 fully saturated rings. The highest BCUT2D eigenvalue weighted by molar-refractivity contribution is 5.98. The minimum Gasteiger partial charge on any atom is -0.496 e. The van der Waals surface area contributed by atoms with E-state index >= 15 is 0 Å². The number of methoxy groups -OCH3 is 1. The van der Waals surface area contributed by atoms with Crippen LogP contribution in [0.2, 0.25) is 0 Å². The molecular weight excluding hydrogens is 426 g/mol. The molecule has 1 amide bonds. The van der Waals surface area contributed by atoms with E-state index in [0.717, 1.165) is 25.2 Å². The van der Waals surface area contributed by atoms with E-state index in [2.05, 4.69) is 34.1 Å². The number of fused-ring (bicyclic) bond motifs is 1. The van der Waals surface area contributed by atoms with Crippen molar-refractivity contribution < 1.29 is 14.3 Å². The topological polar surface area (TPSA) is 54.9 Å². The molecule has 2 aliphatic rings.